The lowest BCUT2D eigenvalue weighted by Crippen LogP contribution is -1.95. The summed E-state index contributed by atoms with van der Waals surface area (Å²) >= 11 is 5.22. The molecular weight excluding hydrogens is 298 g/mol. The summed E-state index contributed by atoms with van der Waals surface area (Å²) in [6.07, 6.45) is 1.08. The zero-order valence-corrected chi connectivity index (χ0v) is 12.0. The third-order valence-corrected chi connectivity index (χ3v) is 4.48. The molecular formula is C13H14BrNOS. The minimum absolute atomic E-state index is 0.590. The van der Waals surface area contributed by atoms with Gasteiger partial charge in [-0.05, 0) is 46.6 Å². The van der Waals surface area contributed by atoms with Crippen molar-refractivity contribution >= 4 is 33.0 Å². The number of benzene rings is 1. The van der Waals surface area contributed by atoms with Gasteiger partial charge in [-0.1, -0.05) is 13.0 Å². The molecule has 0 atom stereocenters. The molecule has 1 aromatic heterocycles. The lowest BCUT2D eigenvalue weighted by Gasteiger charge is -2.08. The Hall–Kier alpha value is -1.000. The SMILES string of the molecule is CCc1ccc(COc2cccc(N)c2Br)s1. The second-order valence-electron chi connectivity index (χ2n) is 3.67. The van der Waals surface area contributed by atoms with E-state index < -0.39 is 0 Å². The van der Waals surface area contributed by atoms with Crippen LogP contribution in [0.2, 0.25) is 0 Å². The summed E-state index contributed by atoms with van der Waals surface area (Å²) in [7, 11) is 0. The number of aryl methyl sites for hydroxylation is 1. The maximum atomic E-state index is 5.79. The van der Waals surface area contributed by atoms with Crippen LogP contribution in [0, 0.1) is 0 Å². The number of anilines is 1. The Morgan fingerprint density at radius 3 is 2.71 bits per heavy atom. The van der Waals surface area contributed by atoms with E-state index in [2.05, 4.69) is 35.0 Å². The molecule has 0 bridgehead atoms. The van der Waals surface area contributed by atoms with Gasteiger partial charge in [0.2, 0.25) is 0 Å². The molecule has 0 spiro atoms. The minimum atomic E-state index is 0.590. The molecule has 1 heterocycles. The summed E-state index contributed by atoms with van der Waals surface area (Å²) < 4.78 is 6.57. The smallest absolute Gasteiger partial charge is 0.136 e. The van der Waals surface area contributed by atoms with Crippen LogP contribution in [-0.4, -0.2) is 0 Å². The number of thiophene rings is 1. The molecule has 0 saturated heterocycles. The summed E-state index contributed by atoms with van der Waals surface area (Å²) in [5, 5.41) is 0. The van der Waals surface area contributed by atoms with E-state index in [-0.39, 0.29) is 0 Å². The first-order valence-corrected chi connectivity index (χ1v) is 7.06. The number of rotatable bonds is 4. The van der Waals surface area contributed by atoms with Gasteiger partial charge in [-0.25, -0.2) is 0 Å². The van der Waals surface area contributed by atoms with Gasteiger partial charge in [0.1, 0.15) is 12.4 Å². The highest BCUT2D eigenvalue weighted by atomic mass is 79.9. The molecule has 0 saturated carbocycles. The van der Waals surface area contributed by atoms with Gasteiger partial charge in [-0.15, -0.1) is 11.3 Å². The Labute approximate surface area is 114 Å². The molecule has 2 rings (SSSR count). The van der Waals surface area contributed by atoms with Crippen molar-refractivity contribution < 1.29 is 4.74 Å². The number of hydrogen-bond donors (Lipinski definition) is 1. The third kappa shape index (κ3) is 3.01. The van der Waals surface area contributed by atoms with Crippen molar-refractivity contribution in [3.8, 4) is 5.75 Å². The highest BCUT2D eigenvalue weighted by Gasteiger charge is 2.05. The fourth-order valence-corrected chi connectivity index (χ4v) is 2.73. The van der Waals surface area contributed by atoms with Gasteiger partial charge in [0.25, 0.3) is 0 Å². The molecule has 17 heavy (non-hydrogen) atoms. The van der Waals surface area contributed by atoms with Crippen LogP contribution in [0.1, 0.15) is 16.7 Å². The second-order valence-corrected chi connectivity index (χ2v) is 5.72. The summed E-state index contributed by atoms with van der Waals surface area (Å²) in [6.45, 7) is 2.75. The maximum Gasteiger partial charge on any atom is 0.136 e. The molecule has 0 aliphatic heterocycles. The van der Waals surface area contributed by atoms with Gasteiger partial charge in [0, 0.05) is 15.4 Å². The van der Waals surface area contributed by atoms with Crippen LogP contribution < -0.4 is 10.5 Å². The van der Waals surface area contributed by atoms with Gasteiger partial charge in [0.05, 0.1) is 4.47 Å². The molecule has 0 amide bonds. The van der Waals surface area contributed by atoms with Crippen LogP contribution in [0.25, 0.3) is 0 Å². The molecule has 0 radical (unpaired) electrons. The highest BCUT2D eigenvalue weighted by molar-refractivity contribution is 9.10. The lowest BCUT2D eigenvalue weighted by molar-refractivity contribution is 0.308. The summed E-state index contributed by atoms with van der Waals surface area (Å²) in [5.41, 5.74) is 6.49. The quantitative estimate of drug-likeness (QED) is 0.857. The minimum Gasteiger partial charge on any atom is -0.487 e. The van der Waals surface area contributed by atoms with Crippen LogP contribution >= 0.6 is 27.3 Å². The largest absolute Gasteiger partial charge is 0.487 e. The molecule has 4 heteroatoms. The average Bonchev–Trinajstić information content (AvgIpc) is 2.79. The highest BCUT2D eigenvalue weighted by Crippen LogP contribution is 2.31. The number of ether oxygens (including phenoxy) is 1. The Bertz CT molecular complexity index is 510. The zero-order chi connectivity index (χ0) is 12.3. The molecule has 0 fully saturated rings. The van der Waals surface area contributed by atoms with Gasteiger partial charge in [0.15, 0.2) is 0 Å². The topological polar surface area (TPSA) is 35.2 Å². The fourth-order valence-electron chi connectivity index (χ4n) is 1.48. The predicted octanol–water partition coefficient (Wildman–Crippen LogP) is 4.23. The molecule has 90 valence electrons. The number of halogens is 1. The van der Waals surface area contributed by atoms with Crippen molar-refractivity contribution in [3.05, 3.63) is 44.6 Å². The molecule has 0 aliphatic rings. The van der Waals surface area contributed by atoms with Gasteiger partial charge < -0.3 is 10.5 Å². The zero-order valence-electron chi connectivity index (χ0n) is 9.57. The van der Waals surface area contributed by atoms with Gasteiger partial charge in [-0.2, -0.15) is 0 Å². The van der Waals surface area contributed by atoms with Crippen molar-refractivity contribution in [2.45, 2.75) is 20.0 Å². The standard InChI is InChI=1S/C13H14BrNOS/c1-2-9-6-7-10(17-9)8-16-12-5-3-4-11(15)13(12)14/h3-7H,2,8,15H2,1H3. The van der Waals surface area contributed by atoms with Gasteiger partial charge in [-0.3, -0.25) is 0 Å². The van der Waals surface area contributed by atoms with E-state index in [4.69, 9.17) is 10.5 Å². The van der Waals surface area contributed by atoms with E-state index in [1.54, 1.807) is 11.3 Å². The molecule has 2 aromatic rings. The van der Waals surface area contributed by atoms with E-state index in [1.807, 2.05) is 18.2 Å². The summed E-state index contributed by atoms with van der Waals surface area (Å²) in [4.78, 5) is 2.62. The molecule has 1 aromatic carbocycles. The lowest BCUT2D eigenvalue weighted by atomic mass is 10.3. The summed E-state index contributed by atoms with van der Waals surface area (Å²) in [5.74, 6) is 0.788. The Morgan fingerprint density at radius 1 is 1.24 bits per heavy atom. The van der Waals surface area contributed by atoms with Crippen LogP contribution in [0.4, 0.5) is 5.69 Å². The second kappa shape index (κ2) is 5.56. The van der Waals surface area contributed by atoms with E-state index in [0.29, 0.717) is 12.3 Å². The van der Waals surface area contributed by atoms with E-state index in [1.165, 1.54) is 9.75 Å². The van der Waals surface area contributed by atoms with Crippen molar-refractivity contribution in [3.63, 3.8) is 0 Å². The van der Waals surface area contributed by atoms with E-state index in [9.17, 15) is 0 Å². The van der Waals surface area contributed by atoms with Crippen LogP contribution in [0.3, 0.4) is 0 Å². The fraction of sp³-hybridized carbons (Fsp3) is 0.231. The Kier molecular flexibility index (Phi) is 4.07. The van der Waals surface area contributed by atoms with E-state index >= 15 is 0 Å². The monoisotopic (exact) mass is 311 g/mol. The molecule has 0 aliphatic carbocycles. The van der Waals surface area contributed by atoms with Crippen LogP contribution in [0.5, 0.6) is 5.75 Å². The van der Waals surface area contributed by atoms with Crippen molar-refractivity contribution in [1.82, 2.24) is 0 Å². The number of nitrogens with two attached hydrogens (primary N) is 1. The van der Waals surface area contributed by atoms with Crippen molar-refractivity contribution in [2.75, 3.05) is 5.73 Å². The molecule has 2 N–H and O–H groups in total. The normalized spacial score (nSPS) is 10.5. The van der Waals surface area contributed by atoms with Crippen LogP contribution in [0.15, 0.2) is 34.8 Å². The first-order valence-electron chi connectivity index (χ1n) is 5.45. The Balaban J connectivity index is 2.04. The van der Waals surface area contributed by atoms with Crippen LogP contribution in [-0.2, 0) is 13.0 Å². The average molecular weight is 312 g/mol. The number of hydrogen-bond acceptors (Lipinski definition) is 3. The van der Waals surface area contributed by atoms with E-state index in [0.717, 1.165) is 16.6 Å². The molecule has 0 unspecified atom stereocenters. The maximum absolute atomic E-state index is 5.79. The van der Waals surface area contributed by atoms with Crippen molar-refractivity contribution in [2.24, 2.45) is 0 Å². The predicted molar refractivity (Wildman–Crippen MR) is 76.6 cm³/mol. The third-order valence-electron chi connectivity index (χ3n) is 2.43. The molecule has 2 nitrogen and oxygen atoms in total. The number of nitrogen functional groups attached to an aromatic ring is 1. The first kappa shape index (κ1) is 12.5. The first-order chi connectivity index (χ1) is 8.20. The Morgan fingerprint density at radius 2 is 2.00 bits per heavy atom. The van der Waals surface area contributed by atoms with Gasteiger partial charge >= 0.3 is 0 Å². The van der Waals surface area contributed by atoms with Crippen molar-refractivity contribution in [1.29, 1.82) is 0 Å². The summed E-state index contributed by atoms with van der Waals surface area (Å²) in [6, 6.07) is 9.91.